The maximum atomic E-state index is 13.2. The van der Waals surface area contributed by atoms with Gasteiger partial charge in [-0.2, -0.15) is 0 Å². The zero-order chi connectivity index (χ0) is 27.6. The number of quaternary nitrogens is 1. The van der Waals surface area contributed by atoms with Crippen molar-refractivity contribution >= 4 is 5.97 Å². The fraction of sp³-hybridized carbons (Fsp3) is 0.618. The second kappa shape index (κ2) is 18.0. The van der Waals surface area contributed by atoms with Crippen molar-refractivity contribution in [1.82, 2.24) is 0 Å². The molecule has 0 aliphatic carbocycles. The van der Waals surface area contributed by atoms with Gasteiger partial charge in [-0.3, -0.25) is 0 Å². The lowest BCUT2D eigenvalue weighted by molar-refractivity contribution is -0.920. The lowest BCUT2D eigenvalue weighted by atomic mass is 10.0. The number of aryl methyl sites for hydroxylation is 1. The van der Waals surface area contributed by atoms with Crippen molar-refractivity contribution < 1.29 is 18.8 Å². The third-order valence-corrected chi connectivity index (χ3v) is 7.44. The normalized spacial score (nSPS) is 13.2. The Morgan fingerprint density at radius 3 is 1.89 bits per heavy atom. The van der Waals surface area contributed by atoms with Crippen molar-refractivity contribution in [2.45, 2.75) is 123 Å². The molecule has 2 unspecified atom stereocenters. The molecule has 0 saturated carbocycles. The van der Waals surface area contributed by atoms with Gasteiger partial charge in [0.25, 0.3) is 0 Å². The molecule has 0 radical (unpaired) electrons. The fourth-order valence-corrected chi connectivity index (χ4v) is 5.20. The quantitative estimate of drug-likeness (QED) is 0.0751. The molecule has 38 heavy (non-hydrogen) atoms. The molecule has 2 aromatic carbocycles. The summed E-state index contributed by atoms with van der Waals surface area (Å²) < 4.78 is 12.3. The molecule has 0 aromatic heterocycles. The molecule has 0 saturated heterocycles. The maximum absolute atomic E-state index is 13.2. The highest BCUT2D eigenvalue weighted by Crippen LogP contribution is 2.21. The van der Waals surface area contributed by atoms with E-state index >= 15 is 0 Å². The third-order valence-electron chi connectivity index (χ3n) is 7.44. The van der Waals surface area contributed by atoms with Gasteiger partial charge in [0.2, 0.25) is 6.29 Å². The monoisotopic (exact) mass is 524 g/mol. The highest BCUT2D eigenvalue weighted by atomic mass is 16.7. The van der Waals surface area contributed by atoms with Gasteiger partial charge in [0, 0.05) is 18.9 Å². The number of unbranched alkanes of at least 4 members (excludes halogenated alkanes) is 9. The van der Waals surface area contributed by atoms with Gasteiger partial charge in [0.05, 0.1) is 14.1 Å². The first-order valence-corrected chi connectivity index (χ1v) is 15.2. The number of benzene rings is 2. The van der Waals surface area contributed by atoms with Crippen LogP contribution in [0.15, 0.2) is 54.6 Å². The van der Waals surface area contributed by atoms with Crippen LogP contribution in [0, 0.1) is 0 Å². The van der Waals surface area contributed by atoms with Gasteiger partial charge in [0.1, 0.15) is 12.3 Å². The van der Waals surface area contributed by atoms with E-state index in [1.165, 1.54) is 75.3 Å². The van der Waals surface area contributed by atoms with E-state index in [1.807, 2.05) is 30.3 Å². The number of esters is 1. The molecule has 2 rings (SSSR count). The average Bonchev–Trinajstić information content (AvgIpc) is 2.89. The van der Waals surface area contributed by atoms with E-state index in [9.17, 15) is 4.79 Å². The minimum Gasteiger partial charge on any atom is -0.455 e. The van der Waals surface area contributed by atoms with E-state index in [-0.39, 0.29) is 12.0 Å². The molecule has 0 amide bonds. The lowest BCUT2D eigenvalue weighted by Gasteiger charge is -2.37. The van der Waals surface area contributed by atoms with Crippen LogP contribution in [0.1, 0.15) is 109 Å². The summed E-state index contributed by atoms with van der Waals surface area (Å²) in [5, 5.41) is 0. The van der Waals surface area contributed by atoms with Crippen molar-refractivity contribution in [1.29, 1.82) is 0 Å². The molecular formula is C34H54NO3+. The number of ether oxygens (including phenoxy) is 2. The van der Waals surface area contributed by atoms with Crippen molar-refractivity contribution in [3.63, 3.8) is 0 Å². The van der Waals surface area contributed by atoms with Crippen LogP contribution in [0.25, 0.3) is 0 Å². The molecule has 0 aliphatic heterocycles. The molecule has 0 aliphatic rings. The van der Waals surface area contributed by atoms with E-state index in [4.69, 9.17) is 9.47 Å². The largest absolute Gasteiger partial charge is 0.455 e. The second-order valence-electron chi connectivity index (χ2n) is 11.4. The van der Waals surface area contributed by atoms with Gasteiger partial charge in [-0.15, -0.1) is 0 Å². The number of carbonyl (C=O) groups is 1. The Hall–Kier alpha value is -2.33. The third kappa shape index (κ3) is 12.5. The topological polar surface area (TPSA) is 35.5 Å². The van der Waals surface area contributed by atoms with E-state index < -0.39 is 6.29 Å². The number of carbonyl (C=O) groups excluding carboxylic acids is 1. The summed E-state index contributed by atoms with van der Waals surface area (Å²) in [4.78, 5) is 13.2. The van der Waals surface area contributed by atoms with Crippen LogP contribution in [0.4, 0.5) is 0 Å². The first-order chi connectivity index (χ1) is 18.4. The molecule has 0 spiro atoms. The van der Waals surface area contributed by atoms with Gasteiger partial charge < -0.3 is 14.0 Å². The predicted octanol–water partition coefficient (Wildman–Crippen LogP) is 8.86. The summed E-state index contributed by atoms with van der Waals surface area (Å²) in [7, 11) is 4.21. The number of hydrogen-bond acceptors (Lipinski definition) is 3. The summed E-state index contributed by atoms with van der Waals surface area (Å²) in [5.74, 6) is 0.542. The zero-order valence-corrected chi connectivity index (χ0v) is 24.9. The molecular weight excluding hydrogens is 470 g/mol. The number of hydrogen-bond donors (Lipinski definition) is 0. The van der Waals surface area contributed by atoms with Crippen molar-refractivity contribution in [2.75, 3.05) is 14.1 Å². The van der Waals surface area contributed by atoms with E-state index in [2.05, 4.69) is 52.2 Å². The van der Waals surface area contributed by atoms with Crippen molar-refractivity contribution in [2.24, 2.45) is 0 Å². The van der Waals surface area contributed by atoms with Crippen LogP contribution in [-0.2, 0) is 22.5 Å². The van der Waals surface area contributed by atoms with Gasteiger partial charge in [-0.1, -0.05) is 114 Å². The summed E-state index contributed by atoms with van der Waals surface area (Å²) in [6.07, 6.45) is 15.7. The minimum atomic E-state index is -0.633. The Kier molecular flexibility index (Phi) is 15.1. The van der Waals surface area contributed by atoms with Crippen LogP contribution >= 0.6 is 0 Å². The SMILES string of the molecule is CCCCCCCCCCCCc1ccc(OC(C)OC(=O)C(CCC)[N+](C)(C)Cc2ccccc2)cc1. The first-order valence-electron chi connectivity index (χ1n) is 15.2. The molecule has 4 heteroatoms. The van der Waals surface area contributed by atoms with Crippen molar-refractivity contribution in [3.8, 4) is 5.75 Å². The Labute approximate surface area is 233 Å². The summed E-state index contributed by atoms with van der Waals surface area (Å²) in [5.41, 5.74) is 2.55. The standard InChI is InChI=1S/C34H54NO3/c1-6-8-9-10-11-12-13-14-15-17-21-30-24-26-32(27-25-30)37-29(3)38-34(36)33(20-7-2)35(4,5)28-31-22-18-16-19-23-31/h16,18-19,22-27,29,33H,6-15,17,20-21,28H2,1-5H3/q+1. The maximum Gasteiger partial charge on any atom is 0.368 e. The van der Waals surface area contributed by atoms with Gasteiger partial charge in [-0.25, -0.2) is 4.79 Å². The summed E-state index contributed by atoms with van der Waals surface area (Å²) in [6.45, 7) is 6.96. The van der Waals surface area contributed by atoms with Gasteiger partial charge >= 0.3 is 5.97 Å². The molecule has 0 bridgehead atoms. The Morgan fingerprint density at radius 1 is 0.737 bits per heavy atom. The summed E-state index contributed by atoms with van der Waals surface area (Å²) >= 11 is 0. The Morgan fingerprint density at radius 2 is 1.32 bits per heavy atom. The van der Waals surface area contributed by atoms with Gasteiger partial charge in [0.15, 0.2) is 6.04 Å². The Balaban J connectivity index is 1.73. The van der Waals surface area contributed by atoms with E-state index in [1.54, 1.807) is 6.92 Å². The number of likely N-dealkylation sites (N-methyl/N-ethyl adjacent to an activating group) is 1. The van der Waals surface area contributed by atoms with Crippen molar-refractivity contribution in [3.05, 3.63) is 65.7 Å². The average molecular weight is 525 g/mol. The Bertz CT molecular complexity index is 878. The van der Waals surface area contributed by atoms with Crippen LogP contribution in [-0.4, -0.2) is 36.9 Å². The van der Waals surface area contributed by atoms with Crippen LogP contribution < -0.4 is 4.74 Å². The molecule has 4 nitrogen and oxygen atoms in total. The van der Waals surface area contributed by atoms with E-state index in [0.717, 1.165) is 31.6 Å². The van der Waals surface area contributed by atoms with Gasteiger partial charge in [-0.05, 0) is 37.0 Å². The molecule has 2 atom stereocenters. The highest BCUT2D eigenvalue weighted by Gasteiger charge is 2.36. The predicted molar refractivity (Wildman–Crippen MR) is 159 cm³/mol. The number of rotatable bonds is 20. The minimum absolute atomic E-state index is 0.196. The highest BCUT2D eigenvalue weighted by molar-refractivity contribution is 5.74. The van der Waals surface area contributed by atoms with Crippen LogP contribution in [0.5, 0.6) is 5.75 Å². The fourth-order valence-electron chi connectivity index (χ4n) is 5.20. The second-order valence-corrected chi connectivity index (χ2v) is 11.4. The zero-order valence-electron chi connectivity index (χ0n) is 24.9. The molecule has 212 valence electrons. The molecule has 0 fully saturated rings. The van der Waals surface area contributed by atoms with E-state index in [0.29, 0.717) is 4.48 Å². The molecule has 2 aromatic rings. The van der Waals surface area contributed by atoms with Crippen LogP contribution in [0.3, 0.4) is 0 Å². The number of nitrogens with zero attached hydrogens (tertiary/aromatic N) is 1. The summed E-state index contributed by atoms with van der Waals surface area (Å²) in [6, 6.07) is 18.3. The molecule has 0 N–H and O–H groups in total. The van der Waals surface area contributed by atoms with Crippen LogP contribution in [0.2, 0.25) is 0 Å². The smallest absolute Gasteiger partial charge is 0.368 e. The first kappa shape index (κ1) is 31.9. The lowest BCUT2D eigenvalue weighted by Crippen LogP contribution is -2.53. The molecule has 0 heterocycles.